The van der Waals surface area contributed by atoms with Gasteiger partial charge in [0.15, 0.2) is 23.2 Å². The van der Waals surface area contributed by atoms with Gasteiger partial charge >= 0.3 is 0 Å². The summed E-state index contributed by atoms with van der Waals surface area (Å²) in [5.41, 5.74) is 2.58. The molecule has 5 N–H and O–H groups in total. The molecule has 3 aromatic rings. The predicted molar refractivity (Wildman–Crippen MR) is 106 cm³/mol. The number of carbonyl (C=O) groups excluding carboxylic acids is 1. The van der Waals surface area contributed by atoms with E-state index in [0.717, 1.165) is 5.56 Å². The molecule has 0 aliphatic carbocycles. The normalized spacial score (nSPS) is 23.6. The zero-order valence-electron chi connectivity index (χ0n) is 16.1. The Hall–Kier alpha value is -3.12. The third-order valence-electron chi connectivity index (χ3n) is 4.88. The Morgan fingerprint density at radius 3 is 2.60 bits per heavy atom. The summed E-state index contributed by atoms with van der Waals surface area (Å²) >= 11 is 0. The van der Waals surface area contributed by atoms with Gasteiger partial charge in [0, 0.05) is 19.2 Å². The highest BCUT2D eigenvalue weighted by atomic mass is 16.6. The largest absolute Gasteiger partial charge is 0.394 e. The highest BCUT2D eigenvalue weighted by Crippen LogP contribution is 2.32. The molecular weight excluding hydrogens is 392 g/mol. The van der Waals surface area contributed by atoms with Gasteiger partial charge in [0.2, 0.25) is 5.91 Å². The second-order valence-corrected chi connectivity index (χ2v) is 7.01. The van der Waals surface area contributed by atoms with Crippen LogP contribution in [0.25, 0.3) is 11.2 Å². The summed E-state index contributed by atoms with van der Waals surface area (Å²) in [6, 6.07) is 7.39. The van der Waals surface area contributed by atoms with Gasteiger partial charge < -0.3 is 30.7 Å². The SMILES string of the molecule is CC(=O)Nc1ccc(CNc2ncnc3c2ncn3[C@@H]2O[C@H](CO)[C@@H](O)[C@H]2O)cc1. The van der Waals surface area contributed by atoms with E-state index in [2.05, 4.69) is 25.6 Å². The van der Waals surface area contributed by atoms with Gasteiger partial charge in [-0.25, -0.2) is 15.0 Å². The molecule has 0 radical (unpaired) electrons. The molecular formula is C19H22N6O5. The summed E-state index contributed by atoms with van der Waals surface area (Å²) in [6.07, 6.45) is -1.43. The Morgan fingerprint density at radius 2 is 1.93 bits per heavy atom. The first-order valence-electron chi connectivity index (χ1n) is 9.38. The number of aliphatic hydroxyl groups excluding tert-OH is 3. The topological polar surface area (TPSA) is 155 Å². The van der Waals surface area contributed by atoms with Crippen LogP contribution in [0, 0.1) is 0 Å². The number of aliphatic hydroxyl groups is 3. The van der Waals surface area contributed by atoms with Gasteiger partial charge in [-0.1, -0.05) is 12.1 Å². The van der Waals surface area contributed by atoms with Gasteiger partial charge in [-0.3, -0.25) is 9.36 Å². The number of nitrogens with zero attached hydrogens (tertiary/aromatic N) is 4. The second-order valence-electron chi connectivity index (χ2n) is 7.01. The summed E-state index contributed by atoms with van der Waals surface area (Å²) < 4.78 is 7.07. The van der Waals surface area contributed by atoms with Crippen LogP contribution in [0.1, 0.15) is 18.7 Å². The molecule has 4 atom stereocenters. The molecule has 0 spiro atoms. The monoisotopic (exact) mass is 414 g/mol. The van der Waals surface area contributed by atoms with Gasteiger partial charge in [0.05, 0.1) is 12.9 Å². The van der Waals surface area contributed by atoms with Crippen LogP contribution in [0.4, 0.5) is 11.5 Å². The first-order valence-corrected chi connectivity index (χ1v) is 9.38. The van der Waals surface area contributed by atoms with Crippen molar-refractivity contribution >= 4 is 28.6 Å². The first kappa shape index (κ1) is 20.2. The Bertz CT molecular complexity index is 1040. The number of carbonyl (C=O) groups is 1. The highest BCUT2D eigenvalue weighted by Gasteiger charge is 2.44. The number of amides is 1. The van der Waals surface area contributed by atoms with Crippen LogP contribution in [0.5, 0.6) is 0 Å². The predicted octanol–water partition coefficient (Wildman–Crippen LogP) is 0.00830. The molecule has 1 aromatic carbocycles. The van der Waals surface area contributed by atoms with Crippen LogP contribution in [-0.2, 0) is 16.1 Å². The molecule has 11 heteroatoms. The molecule has 1 saturated heterocycles. The number of hydrogen-bond donors (Lipinski definition) is 5. The van der Waals surface area contributed by atoms with Crippen molar-refractivity contribution < 1.29 is 24.9 Å². The zero-order chi connectivity index (χ0) is 21.3. The van der Waals surface area contributed by atoms with E-state index in [1.165, 1.54) is 24.1 Å². The van der Waals surface area contributed by atoms with Crippen LogP contribution in [-0.4, -0.2) is 65.7 Å². The van der Waals surface area contributed by atoms with Crippen molar-refractivity contribution in [2.45, 2.75) is 38.0 Å². The minimum absolute atomic E-state index is 0.131. The van der Waals surface area contributed by atoms with E-state index in [1.807, 2.05) is 24.3 Å². The fourth-order valence-electron chi connectivity index (χ4n) is 3.37. The minimum Gasteiger partial charge on any atom is -0.394 e. The number of hydrogen-bond acceptors (Lipinski definition) is 9. The van der Waals surface area contributed by atoms with E-state index >= 15 is 0 Å². The minimum atomic E-state index is -1.23. The number of rotatable bonds is 6. The average molecular weight is 414 g/mol. The lowest BCUT2D eigenvalue weighted by molar-refractivity contribution is -0.114. The van der Waals surface area contributed by atoms with Crippen LogP contribution in [0.3, 0.4) is 0 Å². The summed E-state index contributed by atoms with van der Waals surface area (Å²) in [5.74, 6) is 0.366. The third-order valence-corrected chi connectivity index (χ3v) is 4.88. The van der Waals surface area contributed by atoms with Crippen molar-refractivity contribution in [3.05, 3.63) is 42.5 Å². The fraction of sp³-hybridized carbons (Fsp3) is 0.368. The van der Waals surface area contributed by atoms with Crippen molar-refractivity contribution in [3.8, 4) is 0 Å². The first-order chi connectivity index (χ1) is 14.5. The number of imidazole rings is 1. The van der Waals surface area contributed by atoms with Crippen LogP contribution in [0.15, 0.2) is 36.9 Å². The smallest absolute Gasteiger partial charge is 0.221 e. The highest BCUT2D eigenvalue weighted by molar-refractivity contribution is 5.88. The summed E-state index contributed by atoms with van der Waals surface area (Å²) in [4.78, 5) is 23.9. The van der Waals surface area contributed by atoms with Gasteiger partial charge in [0.1, 0.15) is 24.6 Å². The number of fused-ring (bicyclic) bond motifs is 1. The molecule has 3 heterocycles. The van der Waals surface area contributed by atoms with E-state index in [0.29, 0.717) is 29.2 Å². The van der Waals surface area contributed by atoms with Crippen molar-refractivity contribution in [1.29, 1.82) is 0 Å². The lowest BCUT2D eigenvalue weighted by Gasteiger charge is -2.16. The number of ether oxygens (including phenoxy) is 1. The van der Waals surface area contributed by atoms with Crippen molar-refractivity contribution in [3.63, 3.8) is 0 Å². The van der Waals surface area contributed by atoms with E-state index in [1.54, 1.807) is 0 Å². The molecule has 1 fully saturated rings. The number of nitrogens with one attached hydrogen (secondary N) is 2. The maximum Gasteiger partial charge on any atom is 0.221 e. The number of anilines is 2. The van der Waals surface area contributed by atoms with E-state index in [4.69, 9.17) is 4.74 Å². The van der Waals surface area contributed by atoms with Crippen LogP contribution in [0.2, 0.25) is 0 Å². The van der Waals surface area contributed by atoms with Gasteiger partial charge in [0.25, 0.3) is 0 Å². The quantitative estimate of drug-likeness (QED) is 0.375. The standard InChI is InChI=1S/C19H22N6O5/c1-10(27)24-12-4-2-11(3-5-12)6-20-17-14-18(22-8-21-17)25(9-23-14)19-16(29)15(28)13(7-26)30-19/h2-5,8-9,13,15-16,19,26,28-29H,6-7H2,1H3,(H,24,27)(H,20,21,22)/t13-,15-,16-,19-/m1/s1. The van der Waals surface area contributed by atoms with E-state index < -0.39 is 31.1 Å². The maximum absolute atomic E-state index is 11.1. The number of aromatic nitrogens is 4. The van der Waals surface area contributed by atoms with Crippen LogP contribution >= 0.6 is 0 Å². The Morgan fingerprint density at radius 1 is 1.17 bits per heavy atom. The molecule has 0 unspecified atom stereocenters. The fourth-order valence-corrected chi connectivity index (χ4v) is 3.37. The molecule has 158 valence electrons. The molecule has 11 nitrogen and oxygen atoms in total. The molecule has 0 saturated carbocycles. The lowest BCUT2D eigenvalue weighted by atomic mass is 10.1. The van der Waals surface area contributed by atoms with Gasteiger partial charge in [-0.05, 0) is 17.7 Å². The van der Waals surface area contributed by atoms with Crippen LogP contribution < -0.4 is 10.6 Å². The molecule has 1 aliphatic rings. The zero-order valence-corrected chi connectivity index (χ0v) is 16.1. The Kier molecular flexibility index (Phi) is 5.59. The molecule has 2 aromatic heterocycles. The molecule has 1 aliphatic heterocycles. The molecule has 1 amide bonds. The van der Waals surface area contributed by atoms with Crippen molar-refractivity contribution in [1.82, 2.24) is 19.5 Å². The summed E-state index contributed by atoms with van der Waals surface area (Å²) in [6.45, 7) is 1.51. The van der Waals surface area contributed by atoms with E-state index in [9.17, 15) is 20.1 Å². The molecule has 4 rings (SSSR count). The average Bonchev–Trinajstić information content (AvgIpc) is 3.28. The van der Waals surface area contributed by atoms with Gasteiger partial charge in [-0.15, -0.1) is 0 Å². The number of benzene rings is 1. The summed E-state index contributed by atoms with van der Waals surface area (Å²) in [5, 5.41) is 35.5. The maximum atomic E-state index is 11.1. The van der Waals surface area contributed by atoms with E-state index in [-0.39, 0.29) is 5.91 Å². The Balaban J connectivity index is 1.52. The third kappa shape index (κ3) is 3.83. The summed E-state index contributed by atoms with van der Waals surface area (Å²) in [7, 11) is 0. The van der Waals surface area contributed by atoms with Crippen molar-refractivity contribution in [2.24, 2.45) is 0 Å². The second kappa shape index (κ2) is 8.32. The Labute approximate surface area is 171 Å². The van der Waals surface area contributed by atoms with Gasteiger partial charge in [-0.2, -0.15) is 0 Å². The lowest BCUT2D eigenvalue weighted by Crippen LogP contribution is -2.33. The molecule has 0 bridgehead atoms. The van der Waals surface area contributed by atoms with Crippen molar-refractivity contribution in [2.75, 3.05) is 17.2 Å². The molecule has 30 heavy (non-hydrogen) atoms.